The third-order valence-electron chi connectivity index (χ3n) is 5.99. The van der Waals surface area contributed by atoms with E-state index in [0.717, 1.165) is 23.1 Å². The van der Waals surface area contributed by atoms with E-state index in [1.54, 1.807) is 51.1 Å². The van der Waals surface area contributed by atoms with Crippen LogP contribution in [-0.2, 0) is 43.5 Å². The lowest BCUT2D eigenvalue weighted by atomic mass is 9.96. The Morgan fingerprint density at radius 3 is 2.14 bits per heavy atom. The summed E-state index contributed by atoms with van der Waals surface area (Å²) in [4.78, 5) is 74.1. The number of rotatable bonds is 12. The summed E-state index contributed by atoms with van der Waals surface area (Å²) in [5.41, 5.74) is -0.670. The van der Waals surface area contributed by atoms with Gasteiger partial charge in [0.25, 0.3) is 21.8 Å². The SMILES string of the molecule is CC(C)(C)C(=O)NS(=O)(=O)c1cccc(C(=O)OCCOC(=O)[C@@H](NC(=O)CCN2C(=O)C=CC2=O)c2ccccc2)c1. The van der Waals surface area contributed by atoms with Gasteiger partial charge < -0.3 is 14.8 Å². The lowest BCUT2D eigenvalue weighted by Crippen LogP contribution is -2.38. The molecule has 0 bridgehead atoms. The average molecular weight is 614 g/mol. The van der Waals surface area contributed by atoms with Gasteiger partial charge in [-0.25, -0.2) is 22.7 Å². The van der Waals surface area contributed by atoms with Crippen molar-refractivity contribution in [3.63, 3.8) is 0 Å². The van der Waals surface area contributed by atoms with Crippen LogP contribution >= 0.6 is 0 Å². The molecule has 0 saturated carbocycles. The molecule has 4 amide bonds. The lowest BCUT2D eigenvalue weighted by molar-refractivity contribution is -0.149. The predicted molar refractivity (Wildman–Crippen MR) is 150 cm³/mol. The number of benzene rings is 2. The Morgan fingerprint density at radius 1 is 0.884 bits per heavy atom. The molecular formula is C29H31N3O10S. The second-order valence-electron chi connectivity index (χ2n) is 10.3. The van der Waals surface area contributed by atoms with Crippen LogP contribution in [0.1, 0.15) is 49.2 Å². The predicted octanol–water partition coefficient (Wildman–Crippen LogP) is 1.41. The molecule has 0 aliphatic carbocycles. The molecule has 13 nitrogen and oxygen atoms in total. The molecule has 1 heterocycles. The lowest BCUT2D eigenvalue weighted by Gasteiger charge is -2.19. The van der Waals surface area contributed by atoms with Crippen LogP contribution in [0.2, 0.25) is 0 Å². The van der Waals surface area contributed by atoms with Crippen molar-refractivity contribution in [2.45, 2.75) is 38.1 Å². The largest absolute Gasteiger partial charge is 0.460 e. The zero-order valence-corrected chi connectivity index (χ0v) is 24.5. The number of sulfonamides is 1. The van der Waals surface area contributed by atoms with Gasteiger partial charge in [0.15, 0.2) is 6.04 Å². The van der Waals surface area contributed by atoms with Crippen molar-refractivity contribution < 1.29 is 46.7 Å². The monoisotopic (exact) mass is 613 g/mol. The van der Waals surface area contributed by atoms with E-state index in [1.165, 1.54) is 18.2 Å². The first-order valence-electron chi connectivity index (χ1n) is 13.1. The van der Waals surface area contributed by atoms with Crippen molar-refractivity contribution in [3.8, 4) is 0 Å². The smallest absolute Gasteiger partial charge is 0.338 e. The molecule has 3 rings (SSSR count). The van der Waals surface area contributed by atoms with Crippen LogP contribution in [0.5, 0.6) is 0 Å². The van der Waals surface area contributed by atoms with Crippen molar-refractivity contribution in [1.82, 2.24) is 14.9 Å². The van der Waals surface area contributed by atoms with Gasteiger partial charge in [-0.2, -0.15) is 0 Å². The molecule has 0 radical (unpaired) electrons. The molecule has 2 aromatic rings. The molecule has 2 aromatic carbocycles. The van der Waals surface area contributed by atoms with Crippen LogP contribution < -0.4 is 10.0 Å². The van der Waals surface area contributed by atoms with Crippen LogP contribution in [0, 0.1) is 5.41 Å². The Kier molecular flexibility index (Phi) is 10.5. The topological polar surface area (TPSA) is 182 Å². The van der Waals surface area contributed by atoms with Crippen LogP contribution in [0.3, 0.4) is 0 Å². The van der Waals surface area contributed by atoms with Crippen molar-refractivity contribution in [2.75, 3.05) is 19.8 Å². The van der Waals surface area contributed by atoms with E-state index in [1.807, 2.05) is 4.72 Å². The second-order valence-corrected chi connectivity index (χ2v) is 12.0. The molecule has 2 N–H and O–H groups in total. The minimum atomic E-state index is -4.25. The Bertz CT molecular complexity index is 1530. The fourth-order valence-electron chi connectivity index (χ4n) is 3.59. The number of amides is 4. The summed E-state index contributed by atoms with van der Waals surface area (Å²) in [7, 11) is -4.25. The molecule has 0 aromatic heterocycles. The number of nitrogens with one attached hydrogen (secondary N) is 2. The van der Waals surface area contributed by atoms with E-state index in [4.69, 9.17) is 9.47 Å². The number of carbonyl (C=O) groups is 6. The summed E-state index contributed by atoms with van der Waals surface area (Å²) in [6.07, 6.45) is 1.95. The molecule has 1 aliphatic heterocycles. The maximum absolute atomic E-state index is 12.9. The maximum Gasteiger partial charge on any atom is 0.338 e. The van der Waals surface area contributed by atoms with Crippen LogP contribution in [0.25, 0.3) is 0 Å². The standard InChI is InChI=1S/C29H31N3O10S/c1-29(2,3)28(38)31-43(39,40)21-11-7-10-20(18-21)26(36)41-16-17-42-27(37)25(19-8-5-4-6-9-19)30-22(33)14-15-32-23(34)12-13-24(32)35/h4-13,18,25H,14-17H2,1-3H3,(H,30,33)(H,31,38)/t25-/m0/s1. The van der Waals surface area contributed by atoms with Crippen LogP contribution in [-0.4, -0.2) is 68.6 Å². The number of nitrogens with zero attached hydrogens (tertiary/aromatic N) is 1. The Labute approximate surface area is 248 Å². The van der Waals surface area contributed by atoms with Gasteiger partial charge in [0.2, 0.25) is 11.8 Å². The van der Waals surface area contributed by atoms with E-state index in [9.17, 15) is 37.2 Å². The van der Waals surface area contributed by atoms with Gasteiger partial charge in [-0.15, -0.1) is 0 Å². The normalized spacial score (nSPS) is 13.8. The highest BCUT2D eigenvalue weighted by atomic mass is 32.2. The zero-order valence-electron chi connectivity index (χ0n) is 23.7. The number of imide groups is 1. The van der Waals surface area contributed by atoms with Gasteiger partial charge in [-0.1, -0.05) is 57.2 Å². The molecule has 14 heteroatoms. The van der Waals surface area contributed by atoms with Gasteiger partial charge in [-0.3, -0.25) is 24.1 Å². The number of carbonyl (C=O) groups excluding carboxylic acids is 6. The van der Waals surface area contributed by atoms with Crippen LogP contribution in [0.4, 0.5) is 0 Å². The van der Waals surface area contributed by atoms with Crippen molar-refractivity contribution in [2.24, 2.45) is 5.41 Å². The molecule has 228 valence electrons. The minimum absolute atomic E-state index is 0.114. The number of ether oxygens (including phenoxy) is 2. The number of hydrogen-bond acceptors (Lipinski definition) is 10. The van der Waals surface area contributed by atoms with Crippen molar-refractivity contribution in [1.29, 1.82) is 0 Å². The number of esters is 2. The van der Waals surface area contributed by atoms with E-state index >= 15 is 0 Å². The summed E-state index contributed by atoms with van der Waals surface area (Å²) >= 11 is 0. The van der Waals surface area contributed by atoms with Crippen LogP contribution in [0.15, 0.2) is 71.6 Å². The Morgan fingerprint density at radius 2 is 1.51 bits per heavy atom. The maximum atomic E-state index is 12.9. The minimum Gasteiger partial charge on any atom is -0.460 e. The van der Waals surface area contributed by atoms with Crippen molar-refractivity contribution >= 4 is 45.6 Å². The first kappa shape index (κ1) is 32.7. The van der Waals surface area contributed by atoms with Gasteiger partial charge in [0.05, 0.1) is 10.5 Å². The molecule has 43 heavy (non-hydrogen) atoms. The van der Waals surface area contributed by atoms with E-state index in [0.29, 0.717) is 5.56 Å². The molecule has 1 aliphatic rings. The second kappa shape index (κ2) is 13.9. The first-order valence-corrected chi connectivity index (χ1v) is 14.6. The quantitative estimate of drug-likeness (QED) is 0.202. The Balaban J connectivity index is 1.55. The Hall–Kier alpha value is -4.85. The third-order valence-corrected chi connectivity index (χ3v) is 7.31. The summed E-state index contributed by atoms with van der Waals surface area (Å²) in [6.45, 7) is 3.71. The molecule has 0 saturated heterocycles. The highest BCUT2D eigenvalue weighted by Crippen LogP contribution is 2.18. The zero-order chi connectivity index (χ0) is 31.8. The van der Waals surface area contributed by atoms with Crippen molar-refractivity contribution in [3.05, 3.63) is 77.9 Å². The third kappa shape index (κ3) is 9.07. The summed E-state index contributed by atoms with van der Waals surface area (Å²) in [5.74, 6) is -4.16. The molecule has 0 unspecified atom stereocenters. The highest BCUT2D eigenvalue weighted by molar-refractivity contribution is 7.90. The summed E-state index contributed by atoms with van der Waals surface area (Å²) in [5, 5.41) is 2.53. The molecule has 0 spiro atoms. The highest BCUT2D eigenvalue weighted by Gasteiger charge is 2.29. The fourth-order valence-corrected chi connectivity index (χ4v) is 4.80. The van der Waals surface area contributed by atoms with E-state index in [-0.39, 0.29) is 36.6 Å². The first-order chi connectivity index (χ1) is 20.2. The summed E-state index contributed by atoms with van der Waals surface area (Å²) in [6, 6.07) is 11.9. The molecule has 1 atom stereocenters. The van der Waals surface area contributed by atoms with E-state index in [2.05, 4.69) is 5.32 Å². The van der Waals surface area contributed by atoms with E-state index < -0.39 is 57.0 Å². The van der Waals surface area contributed by atoms with Gasteiger partial charge in [0, 0.05) is 30.5 Å². The van der Waals surface area contributed by atoms with Gasteiger partial charge in [0.1, 0.15) is 13.2 Å². The summed E-state index contributed by atoms with van der Waals surface area (Å²) < 4.78 is 37.5. The molecular weight excluding hydrogens is 582 g/mol. The van der Waals surface area contributed by atoms with Gasteiger partial charge in [-0.05, 0) is 23.8 Å². The number of hydrogen-bond donors (Lipinski definition) is 2. The fraction of sp³-hybridized carbons (Fsp3) is 0.310. The van der Waals surface area contributed by atoms with Gasteiger partial charge >= 0.3 is 11.9 Å². The molecule has 0 fully saturated rings. The average Bonchev–Trinajstić information content (AvgIpc) is 3.28.